The minimum Gasteiger partial charge on any atom is -0.383 e. The molecule has 3 N–H and O–H groups in total. The second kappa shape index (κ2) is 6.48. The SMILES string of the molecule is CCCCNc1nc(N)c2c(n1)N(CC1CCCO1)C(=O)C2. The topological polar surface area (TPSA) is 93.4 Å². The van der Waals surface area contributed by atoms with E-state index in [4.69, 9.17) is 10.5 Å². The van der Waals surface area contributed by atoms with Crippen LogP contribution in [0.1, 0.15) is 38.2 Å². The summed E-state index contributed by atoms with van der Waals surface area (Å²) in [7, 11) is 0. The van der Waals surface area contributed by atoms with Crippen molar-refractivity contribution in [2.24, 2.45) is 0 Å². The van der Waals surface area contributed by atoms with Crippen molar-refractivity contribution in [2.45, 2.75) is 45.1 Å². The van der Waals surface area contributed by atoms with Crippen LogP contribution >= 0.6 is 0 Å². The Labute approximate surface area is 130 Å². The molecule has 0 aromatic carbocycles. The van der Waals surface area contributed by atoms with Gasteiger partial charge < -0.3 is 15.8 Å². The highest BCUT2D eigenvalue weighted by atomic mass is 16.5. The zero-order valence-corrected chi connectivity index (χ0v) is 13.0. The van der Waals surface area contributed by atoms with Crippen molar-refractivity contribution < 1.29 is 9.53 Å². The first-order valence-corrected chi connectivity index (χ1v) is 8.01. The number of hydrogen-bond acceptors (Lipinski definition) is 6. The van der Waals surface area contributed by atoms with Gasteiger partial charge in [-0.2, -0.15) is 9.97 Å². The van der Waals surface area contributed by atoms with E-state index < -0.39 is 0 Å². The predicted molar refractivity (Wildman–Crippen MR) is 84.9 cm³/mol. The largest absolute Gasteiger partial charge is 0.383 e. The summed E-state index contributed by atoms with van der Waals surface area (Å²) in [4.78, 5) is 22.7. The van der Waals surface area contributed by atoms with Gasteiger partial charge in [-0.3, -0.25) is 9.69 Å². The van der Waals surface area contributed by atoms with Crippen LogP contribution in [-0.2, 0) is 16.0 Å². The van der Waals surface area contributed by atoms with Crippen molar-refractivity contribution in [3.8, 4) is 0 Å². The molecule has 7 heteroatoms. The summed E-state index contributed by atoms with van der Waals surface area (Å²) in [6, 6.07) is 0. The third kappa shape index (κ3) is 2.99. The molecule has 0 radical (unpaired) electrons. The quantitative estimate of drug-likeness (QED) is 0.770. The van der Waals surface area contributed by atoms with E-state index in [1.807, 2.05) is 0 Å². The number of ether oxygens (including phenoxy) is 1. The van der Waals surface area contributed by atoms with Crippen molar-refractivity contribution in [1.82, 2.24) is 9.97 Å². The van der Waals surface area contributed by atoms with E-state index in [0.717, 1.165) is 44.4 Å². The molecule has 1 aromatic rings. The van der Waals surface area contributed by atoms with Gasteiger partial charge in [-0.05, 0) is 19.3 Å². The third-order valence-electron chi connectivity index (χ3n) is 4.13. The van der Waals surface area contributed by atoms with Crippen molar-refractivity contribution in [2.75, 3.05) is 35.6 Å². The lowest BCUT2D eigenvalue weighted by Crippen LogP contribution is -2.35. The zero-order chi connectivity index (χ0) is 15.5. The fourth-order valence-corrected chi connectivity index (χ4v) is 2.88. The van der Waals surface area contributed by atoms with E-state index in [-0.39, 0.29) is 18.4 Å². The number of nitrogen functional groups attached to an aromatic ring is 1. The molecule has 1 saturated heterocycles. The lowest BCUT2D eigenvalue weighted by atomic mass is 10.2. The number of unbranched alkanes of at least 4 members (excludes halogenated alkanes) is 1. The number of nitrogens with two attached hydrogens (primary N) is 1. The number of carbonyl (C=O) groups is 1. The Bertz CT molecular complexity index is 557. The van der Waals surface area contributed by atoms with Crippen molar-refractivity contribution in [3.05, 3.63) is 5.56 Å². The Kier molecular flexibility index (Phi) is 4.42. The molecule has 0 bridgehead atoms. The second-order valence-corrected chi connectivity index (χ2v) is 5.83. The maximum atomic E-state index is 12.3. The van der Waals surface area contributed by atoms with E-state index in [0.29, 0.717) is 24.1 Å². The zero-order valence-electron chi connectivity index (χ0n) is 13.0. The molecule has 0 aliphatic carbocycles. The fourth-order valence-electron chi connectivity index (χ4n) is 2.88. The summed E-state index contributed by atoms with van der Waals surface area (Å²) in [6.45, 7) is 4.25. The molecule has 1 unspecified atom stereocenters. The number of amides is 1. The van der Waals surface area contributed by atoms with E-state index in [1.165, 1.54) is 0 Å². The molecule has 3 rings (SSSR count). The van der Waals surface area contributed by atoms with Crippen LogP contribution in [0.25, 0.3) is 0 Å². The molecule has 1 aromatic heterocycles. The minimum absolute atomic E-state index is 0.0252. The number of aromatic nitrogens is 2. The van der Waals surface area contributed by atoms with Crippen LogP contribution < -0.4 is 16.0 Å². The lowest BCUT2D eigenvalue weighted by molar-refractivity contribution is -0.117. The summed E-state index contributed by atoms with van der Waals surface area (Å²) >= 11 is 0. The number of carbonyl (C=O) groups excluding carboxylic acids is 1. The highest BCUT2D eigenvalue weighted by molar-refractivity contribution is 6.01. The highest BCUT2D eigenvalue weighted by Gasteiger charge is 2.34. The Morgan fingerprint density at radius 2 is 2.32 bits per heavy atom. The first kappa shape index (κ1) is 15.0. The number of rotatable bonds is 6. The van der Waals surface area contributed by atoms with Gasteiger partial charge in [0, 0.05) is 18.7 Å². The molecule has 1 amide bonds. The summed E-state index contributed by atoms with van der Waals surface area (Å²) in [5, 5.41) is 3.17. The molecular formula is C15H23N5O2. The van der Waals surface area contributed by atoms with E-state index in [1.54, 1.807) is 4.90 Å². The maximum Gasteiger partial charge on any atom is 0.232 e. The first-order chi connectivity index (χ1) is 10.7. The molecule has 22 heavy (non-hydrogen) atoms. The van der Waals surface area contributed by atoms with Crippen molar-refractivity contribution >= 4 is 23.5 Å². The van der Waals surface area contributed by atoms with Gasteiger partial charge in [-0.15, -0.1) is 0 Å². The summed E-state index contributed by atoms with van der Waals surface area (Å²) in [5.41, 5.74) is 6.75. The molecular weight excluding hydrogens is 282 g/mol. The van der Waals surface area contributed by atoms with Crippen molar-refractivity contribution in [3.63, 3.8) is 0 Å². The first-order valence-electron chi connectivity index (χ1n) is 8.01. The Morgan fingerprint density at radius 1 is 1.45 bits per heavy atom. The van der Waals surface area contributed by atoms with Crippen LogP contribution in [0.2, 0.25) is 0 Å². The van der Waals surface area contributed by atoms with Crippen LogP contribution in [0.5, 0.6) is 0 Å². The average molecular weight is 305 g/mol. The van der Waals surface area contributed by atoms with Gasteiger partial charge in [0.15, 0.2) is 0 Å². The molecule has 120 valence electrons. The van der Waals surface area contributed by atoms with Gasteiger partial charge in [-0.1, -0.05) is 13.3 Å². The van der Waals surface area contributed by atoms with Gasteiger partial charge in [-0.25, -0.2) is 0 Å². The molecule has 2 aliphatic rings. The number of anilines is 3. The molecule has 1 atom stereocenters. The Morgan fingerprint density at radius 3 is 3.05 bits per heavy atom. The number of hydrogen-bond donors (Lipinski definition) is 2. The molecule has 2 aliphatic heterocycles. The monoisotopic (exact) mass is 305 g/mol. The van der Waals surface area contributed by atoms with E-state index >= 15 is 0 Å². The summed E-state index contributed by atoms with van der Waals surface area (Å²) in [5.74, 6) is 1.56. The Balaban J connectivity index is 1.79. The normalized spacial score (nSPS) is 20.5. The molecule has 0 spiro atoms. The van der Waals surface area contributed by atoms with Gasteiger partial charge in [0.05, 0.1) is 19.1 Å². The Hall–Kier alpha value is -1.89. The molecule has 7 nitrogen and oxygen atoms in total. The maximum absolute atomic E-state index is 12.3. The summed E-state index contributed by atoms with van der Waals surface area (Å²) < 4.78 is 5.63. The third-order valence-corrected chi connectivity index (χ3v) is 4.13. The van der Waals surface area contributed by atoms with Gasteiger partial charge in [0.25, 0.3) is 0 Å². The highest BCUT2D eigenvalue weighted by Crippen LogP contribution is 2.32. The molecule has 1 fully saturated rings. The average Bonchev–Trinajstić information content (AvgIpc) is 3.10. The van der Waals surface area contributed by atoms with Crippen LogP contribution in [0.3, 0.4) is 0 Å². The predicted octanol–water partition coefficient (Wildman–Crippen LogP) is 1.34. The van der Waals surface area contributed by atoms with Crippen LogP contribution in [0.15, 0.2) is 0 Å². The number of nitrogens with one attached hydrogen (secondary N) is 1. The number of fused-ring (bicyclic) bond motifs is 1. The standard InChI is InChI=1S/C15H23N5O2/c1-2-3-6-17-15-18-13(16)11-8-12(21)20(14(11)19-15)9-10-5-4-7-22-10/h10H,2-9H2,1H3,(H3,16,17,18,19). The van der Waals surface area contributed by atoms with Crippen LogP contribution in [0.4, 0.5) is 17.6 Å². The smallest absolute Gasteiger partial charge is 0.232 e. The van der Waals surface area contributed by atoms with Crippen LogP contribution in [0, 0.1) is 0 Å². The van der Waals surface area contributed by atoms with Gasteiger partial charge in [0.1, 0.15) is 11.6 Å². The molecule has 3 heterocycles. The molecule has 0 saturated carbocycles. The minimum atomic E-state index is 0.0252. The van der Waals surface area contributed by atoms with Crippen LogP contribution in [-0.4, -0.2) is 41.7 Å². The summed E-state index contributed by atoms with van der Waals surface area (Å²) in [6.07, 6.45) is 4.55. The van der Waals surface area contributed by atoms with E-state index in [2.05, 4.69) is 22.2 Å². The second-order valence-electron chi connectivity index (χ2n) is 5.83. The van der Waals surface area contributed by atoms with E-state index in [9.17, 15) is 4.79 Å². The number of nitrogens with zero attached hydrogens (tertiary/aromatic N) is 3. The fraction of sp³-hybridized carbons (Fsp3) is 0.667. The van der Waals surface area contributed by atoms with Gasteiger partial charge >= 0.3 is 0 Å². The van der Waals surface area contributed by atoms with Crippen molar-refractivity contribution in [1.29, 1.82) is 0 Å². The van der Waals surface area contributed by atoms with Gasteiger partial charge in [0.2, 0.25) is 11.9 Å². The lowest BCUT2D eigenvalue weighted by Gasteiger charge is -2.20.